The maximum absolute atomic E-state index is 11.6. The number of aromatic nitrogens is 2. The summed E-state index contributed by atoms with van der Waals surface area (Å²) in [5.74, 6) is -1.03. The van der Waals surface area contributed by atoms with Gasteiger partial charge in [-0.1, -0.05) is 24.3 Å². The van der Waals surface area contributed by atoms with E-state index >= 15 is 0 Å². The molecule has 110 valence electrons. The largest absolute Gasteiger partial charge is 0.481 e. The summed E-state index contributed by atoms with van der Waals surface area (Å²) in [5, 5.41) is 9.53. The number of nitrogens with zero attached hydrogens (tertiary/aromatic N) is 3. The molecule has 0 saturated heterocycles. The van der Waals surface area contributed by atoms with Gasteiger partial charge in [0, 0.05) is 20.3 Å². The Kier molecular flexibility index (Phi) is 4.52. The van der Waals surface area contributed by atoms with Gasteiger partial charge in [0.25, 0.3) is 0 Å². The molecule has 2 aromatic rings. The zero-order chi connectivity index (χ0) is 15.4. The van der Waals surface area contributed by atoms with Crippen molar-refractivity contribution in [1.29, 1.82) is 0 Å². The summed E-state index contributed by atoms with van der Waals surface area (Å²) in [5.41, 5.74) is 2.64. The minimum atomic E-state index is -0.873. The molecule has 2 rings (SSSR count). The van der Waals surface area contributed by atoms with Crippen molar-refractivity contribution in [3.63, 3.8) is 0 Å². The summed E-state index contributed by atoms with van der Waals surface area (Å²) in [4.78, 5) is 21.9. The van der Waals surface area contributed by atoms with E-state index in [1.54, 1.807) is 17.2 Å². The fourth-order valence-corrected chi connectivity index (χ4v) is 2.15. The first-order chi connectivity index (χ1) is 9.99. The summed E-state index contributed by atoms with van der Waals surface area (Å²) in [7, 11) is 3.66. The van der Waals surface area contributed by atoms with Crippen molar-refractivity contribution in [2.75, 3.05) is 19.0 Å². The molecule has 0 bridgehead atoms. The first kappa shape index (κ1) is 15.0. The van der Waals surface area contributed by atoms with E-state index < -0.39 is 11.9 Å². The molecule has 1 aromatic carbocycles. The van der Waals surface area contributed by atoms with Gasteiger partial charge in [0.2, 0.25) is 5.95 Å². The average Bonchev–Trinajstić information content (AvgIpc) is 2.46. The lowest BCUT2D eigenvalue weighted by molar-refractivity contribution is -0.138. The van der Waals surface area contributed by atoms with Gasteiger partial charge in [0.15, 0.2) is 0 Å². The molecular weight excluding hydrogens is 266 g/mol. The van der Waals surface area contributed by atoms with Crippen LogP contribution >= 0.6 is 0 Å². The third-order valence-electron chi connectivity index (χ3n) is 3.40. The van der Waals surface area contributed by atoms with Crippen LogP contribution in [0.4, 0.5) is 5.95 Å². The number of aliphatic carboxylic acids is 1. The van der Waals surface area contributed by atoms with Crippen molar-refractivity contribution in [2.24, 2.45) is 0 Å². The van der Waals surface area contributed by atoms with E-state index in [1.807, 2.05) is 45.3 Å². The summed E-state index contributed by atoms with van der Waals surface area (Å²) in [6.45, 7) is 1.99. The van der Waals surface area contributed by atoms with E-state index in [4.69, 9.17) is 0 Å². The van der Waals surface area contributed by atoms with Gasteiger partial charge in [-0.05, 0) is 30.5 Å². The number of carbonyl (C=O) groups is 1. The highest BCUT2D eigenvalue weighted by molar-refractivity contribution is 5.76. The highest BCUT2D eigenvalue weighted by Crippen LogP contribution is 2.22. The van der Waals surface area contributed by atoms with Crippen LogP contribution in [0.25, 0.3) is 0 Å². The van der Waals surface area contributed by atoms with Crippen molar-refractivity contribution >= 4 is 11.9 Å². The third-order valence-corrected chi connectivity index (χ3v) is 3.40. The lowest BCUT2D eigenvalue weighted by Crippen LogP contribution is -2.19. The molecule has 1 heterocycles. The number of aryl methyl sites for hydroxylation is 1. The number of hydrogen-bond acceptors (Lipinski definition) is 4. The second-order valence-electron chi connectivity index (χ2n) is 5.20. The maximum Gasteiger partial charge on any atom is 0.312 e. The molecule has 1 aromatic heterocycles. The Bertz CT molecular complexity index is 641. The Morgan fingerprint density at radius 3 is 2.62 bits per heavy atom. The van der Waals surface area contributed by atoms with Gasteiger partial charge in [-0.15, -0.1) is 0 Å². The van der Waals surface area contributed by atoms with E-state index in [1.165, 1.54) is 0 Å². The Morgan fingerprint density at radius 1 is 1.29 bits per heavy atom. The Hall–Kier alpha value is -2.43. The van der Waals surface area contributed by atoms with Crippen LogP contribution in [0.3, 0.4) is 0 Å². The van der Waals surface area contributed by atoms with Crippen molar-refractivity contribution in [3.8, 4) is 0 Å². The molecule has 0 saturated carbocycles. The summed E-state index contributed by atoms with van der Waals surface area (Å²) < 4.78 is 0. The fraction of sp³-hybridized carbons (Fsp3) is 0.312. The molecule has 1 atom stereocenters. The van der Waals surface area contributed by atoms with Crippen LogP contribution in [0.2, 0.25) is 0 Å². The second kappa shape index (κ2) is 6.35. The molecule has 1 unspecified atom stereocenters. The highest BCUT2D eigenvalue weighted by Gasteiger charge is 2.23. The Balaban J connectivity index is 2.34. The topological polar surface area (TPSA) is 66.3 Å². The van der Waals surface area contributed by atoms with Crippen LogP contribution in [0.1, 0.15) is 22.7 Å². The molecule has 5 heteroatoms. The van der Waals surface area contributed by atoms with Gasteiger partial charge in [-0.3, -0.25) is 4.79 Å². The molecule has 5 nitrogen and oxygen atoms in total. The molecule has 1 N–H and O–H groups in total. The smallest absolute Gasteiger partial charge is 0.312 e. The van der Waals surface area contributed by atoms with Crippen LogP contribution in [-0.2, 0) is 11.2 Å². The van der Waals surface area contributed by atoms with Crippen molar-refractivity contribution < 1.29 is 9.90 Å². The highest BCUT2D eigenvalue weighted by atomic mass is 16.4. The summed E-state index contributed by atoms with van der Waals surface area (Å²) in [6, 6.07) is 9.48. The normalized spacial score (nSPS) is 12.0. The molecule has 0 radical (unpaired) electrons. The number of benzene rings is 1. The molecule has 0 aliphatic carbocycles. The lowest BCUT2D eigenvalue weighted by atomic mass is 9.93. The summed E-state index contributed by atoms with van der Waals surface area (Å²) >= 11 is 0. The van der Waals surface area contributed by atoms with E-state index in [0.29, 0.717) is 18.1 Å². The lowest BCUT2D eigenvalue weighted by Gasteiger charge is -2.16. The number of carboxylic acids is 1. The first-order valence-electron chi connectivity index (χ1n) is 6.76. The molecule has 0 aliphatic rings. The Morgan fingerprint density at radius 2 is 2.00 bits per heavy atom. The van der Waals surface area contributed by atoms with Gasteiger partial charge in [0.05, 0.1) is 5.69 Å². The minimum Gasteiger partial charge on any atom is -0.481 e. The van der Waals surface area contributed by atoms with Gasteiger partial charge < -0.3 is 10.0 Å². The maximum atomic E-state index is 11.6. The summed E-state index contributed by atoms with van der Waals surface area (Å²) in [6.07, 6.45) is 2.03. The number of anilines is 1. The van der Waals surface area contributed by atoms with E-state index in [-0.39, 0.29) is 0 Å². The predicted molar refractivity (Wildman–Crippen MR) is 81.6 cm³/mol. The van der Waals surface area contributed by atoms with E-state index in [9.17, 15) is 9.90 Å². The standard InChI is InChI=1S/C16H19N3O2/c1-11-6-4-5-7-12(11)10-13(15(20)21)14-8-9-17-16(18-14)19(2)3/h4-9,13H,10H2,1-3H3,(H,20,21). The fourth-order valence-electron chi connectivity index (χ4n) is 2.15. The van der Waals surface area contributed by atoms with E-state index in [0.717, 1.165) is 11.1 Å². The average molecular weight is 285 g/mol. The third kappa shape index (κ3) is 3.56. The van der Waals surface area contributed by atoms with Crippen LogP contribution in [0.5, 0.6) is 0 Å². The predicted octanol–water partition coefficient (Wildman–Crippen LogP) is 2.26. The first-order valence-corrected chi connectivity index (χ1v) is 6.76. The SMILES string of the molecule is Cc1ccccc1CC(C(=O)O)c1ccnc(N(C)C)n1. The molecule has 0 spiro atoms. The number of rotatable bonds is 5. The molecule has 0 aliphatic heterocycles. The molecule has 0 amide bonds. The Labute approximate surface area is 124 Å². The minimum absolute atomic E-state index is 0.423. The number of hydrogen-bond donors (Lipinski definition) is 1. The van der Waals surface area contributed by atoms with Crippen LogP contribution in [-0.4, -0.2) is 35.1 Å². The molecule has 21 heavy (non-hydrogen) atoms. The van der Waals surface area contributed by atoms with Crippen molar-refractivity contribution in [3.05, 3.63) is 53.3 Å². The van der Waals surface area contributed by atoms with Gasteiger partial charge in [-0.25, -0.2) is 9.97 Å². The van der Waals surface area contributed by atoms with Gasteiger partial charge in [0.1, 0.15) is 5.92 Å². The quantitative estimate of drug-likeness (QED) is 0.912. The van der Waals surface area contributed by atoms with Crippen LogP contribution < -0.4 is 4.90 Å². The van der Waals surface area contributed by atoms with E-state index in [2.05, 4.69) is 9.97 Å². The zero-order valence-electron chi connectivity index (χ0n) is 12.4. The molecule has 0 fully saturated rings. The van der Waals surface area contributed by atoms with Gasteiger partial charge >= 0.3 is 5.97 Å². The number of carboxylic acid groups (broad SMARTS) is 1. The zero-order valence-corrected chi connectivity index (χ0v) is 12.4. The van der Waals surface area contributed by atoms with Crippen LogP contribution in [0, 0.1) is 6.92 Å². The van der Waals surface area contributed by atoms with Crippen molar-refractivity contribution in [1.82, 2.24) is 9.97 Å². The van der Waals surface area contributed by atoms with Crippen molar-refractivity contribution in [2.45, 2.75) is 19.3 Å². The molecular formula is C16H19N3O2. The van der Waals surface area contributed by atoms with Gasteiger partial charge in [-0.2, -0.15) is 0 Å². The monoisotopic (exact) mass is 285 g/mol. The second-order valence-corrected chi connectivity index (χ2v) is 5.20. The van der Waals surface area contributed by atoms with Crippen LogP contribution in [0.15, 0.2) is 36.5 Å².